The minimum atomic E-state index is -0.359. The number of fused-ring (bicyclic) bond motifs is 3. The van der Waals surface area contributed by atoms with Crippen LogP contribution in [-0.2, 0) is 16.0 Å². The topological polar surface area (TPSA) is 49.9 Å². The number of hydrogen-bond acceptors (Lipinski definition) is 4. The Hall–Kier alpha value is -1.88. The lowest BCUT2D eigenvalue weighted by Gasteiger charge is -2.33. The highest BCUT2D eigenvalue weighted by molar-refractivity contribution is 5.90. The summed E-state index contributed by atoms with van der Waals surface area (Å²) in [6, 6.07) is 7.90. The van der Waals surface area contributed by atoms with Crippen molar-refractivity contribution in [2.75, 3.05) is 33.3 Å². The molecular formula is C20H26N2O3. The van der Waals surface area contributed by atoms with E-state index in [4.69, 9.17) is 4.74 Å². The van der Waals surface area contributed by atoms with Crippen molar-refractivity contribution in [2.45, 2.75) is 31.7 Å². The number of methoxy groups -OCH3 is 1. The third-order valence-electron chi connectivity index (χ3n) is 6.18. The summed E-state index contributed by atoms with van der Waals surface area (Å²) >= 11 is 0. The number of benzene rings is 1. The molecule has 0 saturated carbocycles. The van der Waals surface area contributed by atoms with E-state index in [9.17, 15) is 9.59 Å². The minimum Gasteiger partial charge on any atom is -0.465 e. The van der Waals surface area contributed by atoms with Crippen molar-refractivity contribution in [1.82, 2.24) is 9.80 Å². The Morgan fingerprint density at radius 3 is 2.92 bits per heavy atom. The summed E-state index contributed by atoms with van der Waals surface area (Å²) in [5.41, 5.74) is 1.38. The number of carbonyl (C=O) groups excluding carboxylic acids is 2. The number of ether oxygens (including phenoxy) is 1. The third kappa shape index (κ3) is 3.17. The zero-order chi connectivity index (χ0) is 17.4. The van der Waals surface area contributed by atoms with Gasteiger partial charge in [0.2, 0.25) is 5.91 Å². The van der Waals surface area contributed by atoms with Crippen LogP contribution in [0.3, 0.4) is 0 Å². The van der Waals surface area contributed by atoms with Crippen molar-refractivity contribution in [3.05, 3.63) is 35.4 Å². The van der Waals surface area contributed by atoms with Gasteiger partial charge in [0, 0.05) is 25.7 Å². The molecule has 0 N–H and O–H groups in total. The highest BCUT2D eigenvalue weighted by Crippen LogP contribution is 2.40. The summed E-state index contributed by atoms with van der Waals surface area (Å²) in [5.74, 6) is 1.13. The fraction of sp³-hybridized carbons (Fsp3) is 0.600. The Morgan fingerprint density at radius 2 is 2.08 bits per heavy atom. The van der Waals surface area contributed by atoms with Crippen LogP contribution >= 0.6 is 0 Å². The van der Waals surface area contributed by atoms with E-state index >= 15 is 0 Å². The number of piperidine rings is 1. The number of nitrogens with zero attached hydrogens (tertiary/aromatic N) is 2. The van der Waals surface area contributed by atoms with E-state index < -0.39 is 0 Å². The van der Waals surface area contributed by atoms with Crippen LogP contribution in [0.2, 0.25) is 0 Å². The summed E-state index contributed by atoms with van der Waals surface area (Å²) in [5, 5.41) is 0. The summed E-state index contributed by atoms with van der Waals surface area (Å²) in [4.78, 5) is 29.1. The molecule has 25 heavy (non-hydrogen) atoms. The van der Waals surface area contributed by atoms with Gasteiger partial charge in [-0.15, -0.1) is 0 Å². The van der Waals surface area contributed by atoms with Gasteiger partial charge in [-0.3, -0.25) is 9.69 Å². The van der Waals surface area contributed by atoms with E-state index in [0.29, 0.717) is 29.9 Å². The number of carbonyl (C=O) groups is 2. The van der Waals surface area contributed by atoms with Gasteiger partial charge in [-0.1, -0.05) is 18.6 Å². The minimum absolute atomic E-state index is 0.179. The van der Waals surface area contributed by atoms with E-state index in [1.54, 1.807) is 12.1 Å². The molecule has 5 heteroatoms. The van der Waals surface area contributed by atoms with E-state index in [-0.39, 0.29) is 11.9 Å². The molecule has 0 radical (unpaired) electrons. The van der Waals surface area contributed by atoms with E-state index in [2.05, 4.69) is 4.90 Å². The van der Waals surface area contributed by atoms with Gasteiger partial charge < -0.3 is 9.64 Å². The van der Waals surface area contributed by atoms with Crippen LogP contribution in [0.1, 0.15) is 35.2 Å². The van der Waals surface area contributed by atoms with Crippen molar-refractivity contribution in [3.8, 4) is 0 Å². The van der Waals surface area contributed by atoms with Crippen LogP contribution in [0.4, 0.5) is 0 Å². The van der Waals surface area contributed by atoms with Crippen LogP contribution in [0.25, 0.3) is 0 Å². The molecule has 0 bridgehead atoms. The predicted molar refractivity (Wildman–Crippen MR) is 94.3 cm³/mol. The lowest BCUT2D eigenvalue weighted by Crippen LogP contribution is -2.41. The average molecular weight is 342 g/mol. The maximum absolute atomic E-state index is 12.8. The molecular weight excluding hydrogens is 316 g/mol. The highest BCUT2D eigenvalue weighted by atomic mass is 16.5. The van der Waals surface area contributed by atoms with Crippen LogP contribution in [0, 0.1) is 11.8 Å². The van der Waals surface area contributed by atoms with Crippen molar-refractivity contribution in [1.29, 1.82) is 0 Å². The molecule has 3 saturated heterocycles. The predicted octanol–water partition coefficient (Wildman–Crippen LogP) is 1.96. The number of hydrogen-bond donors (Lipinski definition) is 0. The summed E-state index contributed by atoms with van der Waals surface area (Å²) < 4.78 is 4.76. The fourth-order valence-electron chi connectivity index (χ4n) is 4.97. The zero-order valence-corrected chi connectivity index (χ0v) is 14.8. The SMILES string of the molecule is COC(=O)c1cccc(CC(=O)N2CC3CN4CCCCC4C3C2)c1. The van der Waals surface area contributed by atoms with Gasteiger partial charge in [-0.25, -0.2) is 4.79 Å². The molecule has 3 atom stereocenters. The Morgan fingerprint density at radius 1 is 1.20 bits per heavy atom. The van der Waals surface area contributed by atoms with Gasteiger partial charge in [0.25, 0.3) is 0 Å². The molecule has 1 aromatic rings. The van der Waals surface area contributed by atoms with Gasteiger partial charge >= 0.3 is 5.97 Å². The van der Waals surface area contributed by atoms with E-state index in [0.717, 1.165) is 25.2 Å². The molecule has 1 amide bonds. The first-order valence-corrected chi connectivity index (χ1v) is 9.35. The molecule has 0 spiro atoms. The molecule has 0 aromatic heterocycles. The van der Waals surface area contributed by atoms with Crippen molar-refractivity contribution in [2.24, 2.45) is 11.8 Å². The summed E-state index contributed by atoms with van der Waals surface area (Å²) in [7, 11) is 1.37. The van der Waals surface area contributed by atoms with Gasteiger partial charge in [-0.05, 0) is 48.9 Å². The Kier molecular flexibility index (Phi) is 4.50. The number of rotatable bonds is 3. The average Bonchev–Trinajstić information content (AvgIpc) is 3.19. The van der Waals surface area contributed by atoms with E-state index in [1.807, 2.05) is 17.0 Å². The highest BCUT2D eigenvalue weighted by Gasteiger charge is 2.48. The van der Waals surface area contributed by atoms with Crippen LogP contribution in [-0.4, -0.2) is 61.0 Å². The third-order valence-corrected chi connectivity index (χ3v) is 6.18. The molecule has 1 aromatic carbocycles. The molecule has 134 valence electrons. The molecule has 4 rings (SSSR count). The van der Waals surface area contributed by atoms with Crippen LogP contribution in [0.5, 0.6) is 0 Å². The molecule has 3 aliphatic heterocycles. The van der Waals surface area contributed by atoms with Crippen molar-refractivity contribution < 1.29 is 14.3 Å². The zero-order valence-electron chi connectivity index (χ0n) is 14.8. The second-order valence-electron chi connectivity index (χ2n) is 7.65. The first-order valence-electron chi connectivity index (χ1n) is 9.35. The molecule has 3 heterocycles. The quantitative estimate of drug-likeness (QED) is 0.788. The monoisotopic (exact) mass is 342 g/mol. The van der Waals surface area contributed by atoms with Gasteiger partial charge in [0.15, 0.2) is 0 Å². The van der Waals surface area contributed by atoms with Crippen LogP contribution < -0.4 is 0 Å². The second kappa shape index (κ2) is 6.79. The smallest absolute Gasteiger partial charge is 0.337 e. The first kappa shape index (κ1) is 16.6. The van der Waals surface area contributed by atoms with Gasteiger partial charge in [0.05, 0.1) is 19.1 Å². The molecule has 3 fully saturated rings. The standard InChI is InChI=1S/C20H26N2O3/c1-25-20(24)15-6-4-5-14(9-15)10-19(23)22-12-16-11-21-8-3-2-7-18(21)17(16)13-22/h4-6,9,16-18H,2-3,7-8,10-13H2,1H3. The van der Waals surface area contributed by atoms with Gasteiger partial charge in [0.1, 0.15) is 0 Å². The maximum atomic E-state index is 12.8. The summed E-state index contributed by atoms with van der Waals surface area (Å²) in [6.45, 7) is 4.21. The Balaban J connectivity index is 1.39. The van der Waals surface area contributed by atoms with Crippen molar-refractivity contribution in [3.63, 3.8) is 0 Å². The number of amides is 1. The van der Waals surface area contributed by atoms with Gasteiger partial charge in [-0.2, -0.15) is 0 Å². The fourth-order valence-corrected chi connectivity index (χ4v) is 4.97. The molecule has 0 aliphatic carbocycles. The second-order valence-corrected chi connectivity index (χ2v) is 7.65. The van der Waals surface area contributed by atoms with Crippen LogP contribution in [0.15, 0.2) is 24.3 Å². The first-order chi connectivity index (χ1) is 12.2. The Labute approximate surface area is 148 Å². The Bertz CT molecular complexity index is 675. The summed E-state index contributed by atoms with van der Waals surface area (Å²) in [6.07, 6.45) is 4.32. The number of esters is 1. The lowest BCUT2D eigenvalue weighted by atomic mass is 9.90. The van der Waals surface area contributed by atoms with E-state index in [1.165, 1.54) is 32.9 Å². The van der Waals surface area contributed by atoms with Crippen molar-refractivity contribution >= 4 is 11.9 Å². The maximum Gasteiger partial charge on any atom is 0.337 e. The molecule has 5 nitrogen and oxygen atoms in total. The lowest BCUT2D eigenvalue weighted by molar-refractivity contribution is -0.129. The largest absolute Gasteiger partial charge is 0.465 e. The normalized spacial score (nSPS) is 28.5. The molecule has 3 unspecified atom stereocenters. The number of likely N-dealkylation sites (tertiary alicyclic amines) is 1. The molecule has 3 aliphatic rings.